The van der Waals surface area contributed by atoms with Gasteiger partial charge in [-0.1, -0.05) is 6.07 Å². The molecule has 3 rings (SSSR count). The van der Waals surface area contributed by atoms with Gasteiger partial charge in [-0.3, -0.25) is 0 Å². The van der Waals surface area contributed by atoms with Crippen LogP contribution in [0, 0.1) is 6.92 Å². The van der Waals surface area contributed by atoms with Gasteiger partial charge in [0.1, 0.15) is 12.4 Å². The molecule has 0 aliphatic rings. The Morgan fingerprint density at radius 1 is 1.41 bits per heavy atom. The van der Waals surface area contributed by atoms with Gasteiger partial charge in [0.15, 0.2) is 0 Å². The molecule has 0 radical (unpaired) electrons. The van der Waals surface area contributed by atoms with Crippen LogP contribution >= 0.6 is 11.3 Å². The molecule has 3 heterocycles. The minimum Gasteiger partial charge on any atom is -0.424 e. The fourth-order valence-electron chi connectivity index (χ4n) is 1.61. The van der Waals surface area contributed by atoms with Crippen molar-refractivity contribution in [3.05, 3.63) is 41.7 Å². The van der Waals surface area contributed by atoms with E-state index in [4.69, 9.17) is 4.42 Å². The zero-order valence-corrected chi connectivity index (χ0v) is 10.0. The fraction of sp³-hybridized carbons (Fsp3) is 0.182. The first-order chi connectivity index (χ1) is 8.33. The van der Waals surface area contributed by atoms with E-state index in [1.54, 1.807) is 24.5 Å². The SMILES string of the molecule is Cc1nnc(Cn2ccnc2-c2cccs2)o1. The minimum atomic E-state index is 0.550. The lowest BCUT2D eigenvalue weighted by molar-refractivity contribution is 0.455. The number of hydrogen-bond donors (Lipinski definition) is 0. The number of rotatable bonds is 3. The Morgan fingerprint density at radius 3 is 3.06 bits per heavy atom. The number of hydrogen-bond acceptors (Lipinski definition) is 5. The Labute approximate surface area is 102 Å². The predicted molar refractivity (Wildman–Crippen MR) is 63.7 cm³/mol. The molecule has 86 valence electrons. The molecular formula is C11H10N4OS. The summed E-state index contributed by atoms with van der Waals surface area (Å²) in [6.07, 6.45) is 3.69. The van der Waals surface area contributed by atoms with Crippen LogP contribution in [0.2, 0.25) is 0 Å². The number of aromatic nitrogens is 4. The van der Waals surface area contributed by atoms with Gasteiger partial charge in [-0.2, -0.15) is 0 Å². The summed E-state index contributed by atoms with van der Waals surface area (Å²) in [5, 5.41) is 9.83. The molecule has 17 heavy (non-hydrogen) atoms. The summed E-state index contributed by atoms with van der Waals surface area (Å²) in [4.78, 5) is 5.48. The molecule has 0 N–H and O–H groups in total. The molecule has 0 amide bonds. The van der Waals surface area contributed by atoms with Gasteiger partial charge in [-0.05, 0) is 11.4 Å². The highest BCUT2D eigenvalue weighted by atomic mass is 32.1. The van der Waals surface area contributed by atoms with Crippen LogP contribution in [0.1, 0.15) is 11.8 Å². The topological polar surface area (TPSA) is 56.7 Å². The summed E-state index contributed by atoms with van der Waals surface area (Å²) >= 11 is 1.66. The Kier molecular flexibility index (Phi) is 2.49. The van der Waals surface area contributed by atoms with Gasteiger partial charge in [0, 0.05) is 19.3 Å². The van der Waals surface area contributed by atoms with Gasteiger partial charge in [0.2, 0.25) is 11.8 Å². The van der Waals surface area contributed by atoms with Crippen molar-refractivity contribution in [1.29, 1.82) is 0 Å². The molecule has 0 fully saturated rings. The summed E-state index contributed by atoms with van der Waals surface area (Å²) in [7, 11) is 0. The summed E-state index contributed by atoms with van der Waals surface area (Å²) in [5.41, 5.74) is 0. The number of aryl methyl sites for hydroxylation is 1. The monoisotopic (exact) mass is 246 g/mol. The first kappa shape index (κ1) is 10.2. The molecule has 0 spiro atoms. The van der Waals surface area contributed by atoms with Gasteiger partial charge in [0.05, 0.1) is 4.88 Å². The van der Waals surface area contributed by atoms with Crippen LogP contribution in [0.4, 0.5) is 0 Å². The second-order valence-electron chi connectivity index (χ2n) is 3.57. The Morgan fingerprint density at radius 2 is 2.35 bits per heavy atom. The molecule has 0 saturated carbocycles. The van der Waals surface area contributed by atoms with Crippen molar-refractivity contribution < 1.29 is 4.42 Å². The van der Waals surface area contributed by atoms with Gasteiger partial charge in [0.25, 0.3) is 0 Å². The summed E-state index contributed by atoms with van der Waals surface area (Å²) in [6.45, 7) is 2.33. The Balaban J connectivity index is 1.92. The van der Waals surface area contributed by atoms with Crippen molar-refractivity contribution in [3.8, 4) is 10.7 Å². The van der Waals surface area contributed by atoms with Crippen LogP contribution in [0.5, 0.6) is 0 Å². The molecule has 3 aromatic heterocycles. The van der Waals surface area contributed by atoms with E-state index in [0.29, 0.717) is 18.3 Å². The molecule has 0 bridgehead atoms. The highest BCUT2D eigenvalue weighted by Crippen LogP contribution is 2.23. The predicted octanol–water partition coefficient (Wildman–Crippen LogP) is 2.35. The number of thiophene rings is 1. The zero-order valence-electron chi connectivity index (χ0n) is 9.20. The lowest BCUT2D eigenvalue weighted by Gasteiger charge is -2.02. The Bertz CT molecular complexity index is 611. The maximum absolute atomic E-state index is 5.36. The smallest absolute Gasteiger partial charge is 0.236 e. The molecule has 3 aromatic rings. The second-order valence-corrected chi connectivity index (χ2v) is 4.52. The molecule has 0 saturated heterocycles. The van der Waals surface area contributed by atoms with E-state index < -0.39 is 0 Å². The van der Waals surface area contributed by atoms with Gasteiger partial charge >= 0.3 is 0 Å². The molecule has 0 aliphatic carbocycles. The first-order valence-electron chi connectivity index (χ1n) is 5.17. The van der Waals surface area contributed by atoms with Crippen LogP contribution in [0.25, 0.3) is 10.7 Å². The summed E-state index contributed by atoms with van der Waals surface area (Å²) < 4.78 is 7.36. The van der Waals surface area contributed by atoms with Crippen LogP contribution in [-0.4, -0.2) is 19.7 Å². The molecule has 0 atom stereocenters. The van der Waals surface area contributed by atoms with E-state index >= 15 is 0 Å². The van der Waals surface area contributed by atoms with Crippen molar-refractivity contribution in [3.63, 3.8) is 0 Å². The zero-order chi connectivity index (χ0) is 11.7. The molecular weight excluding hydrogens is 236 g/mol. The molecule has 6 heteroatoms. The average molecular weight is 246 g/mol. The average Bonchev–Trinajstić information content (AvgIpc) is 3.00. The van der Waals surface area contributed by atoms with Crippen LogP contribution < -0.4 is 0 Å². The lowest BCUT2D eigenvalue weighted by Crippen LogP contribution is -2.00. The van der Waals surface area contributed by atoms with Gasteiger partial charge < -0.3 is 8.98 Å². The highest BCUT2D eigenvalue weighted by Gasteiger charge is 2.10. The normalized spacial score (nSPS) is 10.9. The van der Waals surface area contributed by atoms with Crippen molar-refractivity contribution in [2.45, 2.75) is 13.5 Å². The third-order valence-electron chi connectivity index (χ3n) is 2.33. The van der Waals surface area contributed by atoms with E-state index in [1.807, 2.05) is 28.3 Å². The van der Waals surface area contributed by atoms with Crippen LogP contribution in [0.15, 0.2) is 34.3 Å². The fourth-order valence-corrected chi connectivity index (χ4v) is 2.35. The standard InChI is InChI=1S/C11H10N4OS/c1-8-13-14-10(16-8)7-15-5-4-12-11(15)9-3-2-6-17-9/h2-6H,7H2,1H3. The van der Waals surface area contributed by atoms with Crippen molar-refractivity contribution >= 4 is 11.3 Å². The van der Waals surface area contributed by atoms with Crippen molar-refractivity contribution in [1.82, 2.24) is 19.7 Å². The number of nitrogens with zero attached hydrogens (tertiary/aromatic N) is 4. The van der Waals surface area contributed by atoms with Crippen molar-refractivity contribution in [2.24, 2.45) is 0 Å². The van der Waals surface area contributed by atoms with Crippen LogP contribution in [-0.2, 0) is 6.54 Å². The highest BCUT2D eigenvalue weighted by molar-refractivity contribution is 7.13. The van der Waals surface area contributed by atoms with E-state index in [1.165, 1.54) is 0 Å². The maximum atomic E-state index is 5.36. The molecule has 0 aromatic carbocycles. The molecule has 0 aliphatic heterocycles. The Hall–Kier alpha value is -1.95. The largest absolute Gasteiger partial charge is 0.424 e. The van der Waals surface area contributed by atoms with E-state index in [-0.39, 0.29) is 0 Å². The quantitative estimate of drug-likeness (QED) is 0.711. The van der Waals surface area contributed by atoms with Crippen molar-refractivity contribution in [2.75, 3.05) is 0 Å². The van der Waals surface area contributed by atoms with E-state index in [2.05, 4.69) is 15.2 Å². The molecule has 5 nitrogen and oxygen atoms in total. The summed E-state index contributed by atoms with van der Waals surface area (Å²) in [5.74, 6) is 2.10. The lowest BCUT2D eigenvalue weighted by atomic mass is 10.4. The minimum absolute atomic E-state index is 0.550. The van der Waals surface area contributed by atoms with Gasteiger partial charge in [-0.25, -0.2) is 4.98 Å². The second kappa shape index (κ2) is 4.14. The van der Waals surface area contributed by atoms with E-state index in [9.17, 15) is 0 Å². The summed E-state index contributed by atoms with van der Waals surface area (Å²) in [6, 6.07) is 4.05. The van der Waals surface area contributed by atoms with Gasteiger partial charge in [-0.15, -0.1) is 21.5 Å². The number of imidazole rings is 1. The molecule has 0 unspecified atom stereocenters. The maximum Gasteiger partial charge on any atom is 0.236 e. The first-order valence-corrected chi connectivity index (χ1v) is 6.05. The van der Waals surface area contributed by atoms with E-state index in [0.717, 1.165) is 10.7 Å². The third kappa shape index (κ3) is 1.99. The third-order valence-corrected chi connectivity index (χ3v) is 3.20. The van der Waals surface area contributed by atoms with Crippen LogP contribution in [0.3, 0.4) is 0 Å².